The molecule has 0 spiro atoms. The monoisotopic (exact) mass is 652 g/mol. The fourth-order valence-electron chi connectivity index (χ4n) is 13.2. The summed E-state index contributed by atoms with van der Waals surface area (Å²) in [6, 6.07) is 32.7. The van der Waals surface area contributed by atoms with Crippen LogP contribution in [-0.4, -0.2) is 15.0 Å². The molecule has 248 valence electrons. The lowest BCUT2D eigenvalue weighted by molar-refractivity contribution is -0.00832. The predicted octanol–water partition coefficient (Wildman–Crippen LogP) is 10.8. The van der Waals surface area contributed by atoms with E-state index >= 15 is 0 Å². The van der Waals surface area contributed by atoms with Gasteiger partial charge in [0.15, 0.2) is 17.5 Å². The average molecular weight is 653 g/mol. The second-order valence-corrected chi connectivity index (χ2v) is 17.7. The minimum Gasteiger partial charge on any atom is -0.208 e. The van der Waals surface area contributed by atoms with E-state index in [0.717, 1.165) is 63.2 Å². The molecule has 0 amide bonds. The standard InChI is InChI=1S/C46H44N4/c47-27-37-8-4-7-35-17-36(9-10-41(35)37)43-48-42(34-5-2-1-3-6-34)49-44(50-43)38-18-39(45-21-28-11-29(22-45)13-30(12-28)23-45)20-40(19-38)46-24-31-14-32(25-46)16-33(15-31)26-46/h1-10,17-20,28-33H,11-16,21-26H2/t28-,29-,30-,31-,32+,33-,45?,46?. The van der Waals surface area contributed by atoms with Gasteiger partial charge in [-0.15, -0.1) is 0 Å². The average Bonchev–Trinajstić information content (AvgIpc) is 3.13. The molecule has 8 fully saturated rings. The summed E-state index contributed by atoms with van der Waals surface area (Å²) in [5.41, 5.74) is 7.62. The van der Waals surface area contributed by atoms with Crippen molar-refractivity contribution in [1.82, 2.24) is 15.0 Å². The Morgan fingerprint density at radius 1 is 0.480 bits per heavy atom. The second kappa shape index (κ2) is 10.8. The molecule has 1 heterocycles. The molecular weight excluding hydrogens is 609 g/mol. The van der Waals surface area contributed by atoms with E-state index in [2.05, 4.69) is 72.8 Å². The van der Waals surface area contributed by atoms with E-state index in [0.29, 0.717) is 28.0 Å². The third-order valence-corrected chi connectivity index (χ3v) is 14.4. The third kappa shape index (κ3) is 4.65. The third-order valence-electron chi connectivity index (χ3n) is 14.4. The molecule has 0 N–H and O–H groups in total. The van der Waals surface area contributed by atoms with E-state index in [4.69, 9.17) is 15.0 Å². The molecule has 8 bridgehead atoms. The van der Waals surface area contributed by atoms with Gasteiger partial charge in [0, 0.05) is 16.7 Å². The van der Waals surface area contributed by atoms with Gasteiger partial charge in [-0.3, -0.25) is 0 Å². The first kappa shape index (κ1) is 29.4. The molecule has 8 aliphatic carbocycles. The van der Waals surface area contributed by atoms with Crippen molar-refractivity contribution >= 4 is 10.8 Å². The molecule has 8 saturated carbocycles. The van der Waals surface area contributed by atoms with Gasteiger partial charge in [0.05, 0.1) is 11.6 Å². The van der Waals surface area contributed by atoms with Crippen molar-refractivity contribution in [2.45, 2.75) is 87.9 Å². The Labute approximate surface area is 295 Å². The van der Waals surface area contributed by atoms with Crippen LogP contribution in [0.4, 0.5) is 0 Å². The maximum absolute atomic E-state index is 9.74. The molecule has 0 atom stereocenters. The smallest absolute Gasteiger partial charge is 0.164 e. The molecular formula is C46H44N4. The number of nitrogens with zero attached hydrogens (tertiary/aromatic N) is 4. The number of hydrogen-bond acceptors (Lipinski definition) is 4. The Kier molecular flexibility index (Phi) is 6.36. The summed E-state index contributed by atoms with van der Waals surface area (Å²) in [5.74, 6) is 7.59. The van der Waals surface area contributed by atoms with Crippen LogP contribution < -0.4 is 0 Å². The molecule has 0 unspecified atom stereocenters. The zero-order chi connectivity index (χ0) is 33.0. The number of aromatic nitrogens is 3. The zero-order valence-electron chi connectivity index (χ0n) is 28.8. The molecule has 0 saturated heterocycles. The van der Waals surface area contributed by atoms with Crippen LogP contribution in [0, 0.1) is 46.8 Å². The summed E-state index contributed by atoms with van der Waals surface area (Å²) < 4.78 is 0. The molecule has 5 aromatic rings. The van der Waals surface area contributed by atoms with Crippen LogP contribution in [0.5, 0.6) is 0 Å². The van der Waals surface area contributed by atoms with Crippen molar-refractivity contribution in [1.29, 1.82) is 5.26 Å². The normalized spacial score (nSPS) is 33.2. The molecule has 0 radical (unpaired) electrons. The Morgan fingerprint density at radius 2 is 0.980 bits per heavy atom. The highest BCUT2D eigenvalue weighted by Gasteiger charge is 2.54. The SMILES string of the molecule is N#Cc1cccc2cc(-c3nc(-c4ccccc4)nc(-c4cc(C56C[C@H]7C[C@@H](C5)C[C@@H](C6)C7)cc(C56C[C@H]7C[C@H](C5)C[C@@H](C6)C7)c4)n3)ccc12. The summed E-state index contributed by atoms with van der Waals surface area (Å²) >= 11 is 0. The fraction of sp³-hybridized carbons (Fsp3) is 0.435. The van der Waals surface area contributed by atoms with Crippen molar-refractivity contribution < 1.29 is 0 Å². The van der Waals surface area contributed by atoms with E-state index < -0.39 is 0 Å². The van der Waals surface area contributed by atoms with Gasteiger partial charge < -0.3 is 0 Å². The molecule has 50 heavy (non-hydrogen) atoms. The minimum absolute atomic E-state index is 0.302. The van der Waals surface area contributed by atoms with Gasteiger partial charge >= 0.3 is 0 Å². The number of hydrogen-bond donors (Lipinski definition) is 0. The van der Waals surface area contributed by atoms with E-state index in [-0.39, 0.29) is 0 Å². The first-order valence-corrected chi connectivity index (χ1v) is 19.4. The van der Waals surface area contributed by atoms with Crippen LogP contribution in [-0.2, 0) is 10.8 Å². The van der Waals surface area contributed by atoms with Gasteiger partial charge in [0.1, 0.15) is 0 Å². The van der Waals surface area contributed by atoms with Gasteiger partial charge in [0.2, 0.25) is 0 Å². The highest BCUT2D eigenvalue weighted by atomic mass is 15.0. The van der Waals surface area contributed by atoms with Crippen LogP contribution in [0.1, 0.15) is 93.7 Å². The van der Waals surface area contributed by atoms with Crippen LogP contribution in [0.25, 0.3) is 44.9 Å². The lowest BCUT2D eigenvalue weighted by Crippen LogP contribution is -2.50. The molecule has 4 nitrogen and oxygen atoms in total. The number of benzene rings is 4. The van der Waals surface area contributed by atoms with Crippen LogP contribution in [0.3, 0.4) is 0 Å². The molecule has 4 heteroatoms. The first-order chi connectivity index (χ1) is 24.5. The Morgan fingerprint density at radius 3 is 1.50 bits per heavy atom. The summed E-state index contributed by atoms with van der Waals surface area (Å²) in [6.45, 7) is 0. The quantitative estimate of drug-likeness (QED) is 0.190. The number of fused-ring (bicyclic) bond motifs is 1. The van der Waals surface area contributed by atoms with Crippen molar-refractivity contribution in [2.24, 2.45) is 35.5 Å². The van der Waals surface area contributed by atoms with Crippen molar-refractivity contribution in [2.75, 3.05) is 0 Å². The van der Waals surface area contributed by atoms with E-state index in [9.17, 15) is 5.26 Å². The highest BCUT2D eigenvalue weighted by Crippen LogP contribution is 2.63. The van der Waals surface area contributed by atoms with Gasteiger partial charge in [-0.2, -0.15) is 5.26 Å². The number of nitriles is 1. The maximum Gasteiger partial charge on any atom is 0.164 e. The topological polar surface area (TPSA) is 62.5 Å². The summed E-state index contributed by atoms with van der Waals surface area (Å²) in [7, 11) is 0. The molecule has 0 aliphatic heterocycles. The predicted molar refractivity (Wildman–Crippen MR) is 198 cm³/mol. The summed E-state index contributed by atoms with van der Waals surface area (Å²) in [6.07, 6.45) is 16.9. The molecule has 4 aromatic carbocycles. The van der Waals surface area contributed by atoms with E-state index in [1.54, 1.807) is 11.1 Å². The van der Waals surface area contributed by atoms with Gasteiger partial charge in [-0.1, -0.05) is 60.7 Å². The number of rotatable bonds is 5. The lowest BCUT2D eigenvalue weighted by Gasteiger charge is -2.58. The van der Waals surface area contributed by atoms with Gasteiger partial charge in [0.25, 0.3) is 0 Å². The van der Waals surface area contributed by atoms with Crippen LogP contribution >= 0.6 is 0 Å². The maximum atomic E-state index is 9.74. The van der Waals surface area contributed by atoms with Crippen molar-refractivity contribution in [3.05, 3.63) is 102 Å². The Hall–Kier alpha value is -4.36. The molecule has 1 aromatic heterocycles. The first-order valence-electron chi connectivity index (χ1n) is 19.4. The largest absolute Gasteiger partial charge is 0.208 e. The van der Waals surface area contributed by atoms with Gasteiger partial charge in [-0.25, -0.2) is 15.0 Å². The summed E-state index contributed by atoms with van der Waals surface area (Å²) in [4.78, 5) is 15.8. The molecule has 13 rings (SSSR count). The second-order valence-electron chi connectivity index (χ2n) is 17.7. The Balaban J connectivity index is 1.11. The Bertz CT molecular complexity index is 2080. The minimum atomic E-state index is 0.302. The lowest BCUT2D eigenvalue weighted by atomic mass is 9.46. The van der Waals surface area contributed by atoms with Gasteiger partial charge in [-0.05, 0) is 170 Å². The zero-order valence-corrected chi connectivity index (χ0v) is 28.8. The molecule has 8 aliphatic rings. The summed E-state index contributed by atoms with van der Waals surface area (Å²) in [5, 5.41) is 11.7. The van der Waals surface area contributed by atoms with E-state index in [1.807, 2.05) is 18.2 Å². The van der Waals surface area contributed by atoms with Crippen molar-refractivity contribution in [3.8, 4) is 40.2 Å². The van der Waals surface area contributed by atoms with Crippen LogP contribution in [0.15, 0.2) is 84.9 Å². The van der Waals surface area contributed by atoms with E-state index in [1.165, 1.54) is 82.6 Å². The highest BCUT2D eigenvalue weighted by molar-refractivity contribution is 5.91. The fourth-order valence-corrected chi connectivity index (χ4v) is 13.2. The van der Waals surface area contributed by atoms with Crippen LogP contribution in [0.2, 0.25) is 0 Å². The van der Waals surface area contributed by atoms with Crippen molar-refractivity contribution in [3.63, 3.8) is 0 Å².